The first-order valence-electron chi connectivity index (χ1n) is 7.96. The fourth-order valence-corrected chi connectivity index (χ4v) is 5.02. The molecule has 4 rings (SSSR count). The number of fused-ring (bicyclic) bond motifs is 5. The summed E-state index contributed by atoms with van der Waals surface area (Å²) < 4.78 is 31.6. The average Bonchev–Trinajstić information content (AvgIpc) is 3.17. The quantitative estimate of drug-likeness (QED) is 0.790. The zero-order valence-electron chi connectivity index (χ0n) is 13.6. The van der Waals surface area contributed by atoms with Crippen LogP contribution in [0.4, 0.5) is 5.69 Å². The van der Waals surface area contributed by atoms with Gasteiger partial charge in [0.15, 0.2) is 0 Å². The van der Waals surface area contributed by atoms with Gasteiger partial charge in [0.25, 0.3) is 0 Å². The van der Waals surface area contributed by atoms with Gasteiger partial charge in [-0.05, 0) is 31.2 Å². The van der Waals surface area contributed by atoms with Gasteiger partial charge in [-0.3, -0.25) is 0 Å². The predicted molar refractivity (Wildman–Crippen MR) is 88.9 cm³/mol. The Kier molecular flexibility index (Phi) is 3.18. The molecule has 2 bridgehead atoms. The lowest BCUT2D eigenvalue weighted by molar-refractivity contribution is 0.0256. The fourth-order valence-electron chi connectivity index (χ4n) is 4.12. The molecule has 124 valence electrons. The normalized spacial score (nSPS) is 35.3. The van der Waals surface area contributed by atoms with Gasteiger partial charge in [-0.1, -0.05) is 12.2 Å². The average molecular weight is 334 g/mol. The van der Waals surface area contributed by atoms with Crippen LogP contribution in [0, 0.1) is 11.8 Å². The van der Waals surface area contributed by atoms with Gasteiger partial charge in [0.2, 0.25) is 10.0 Å². The summed E-state index contributed by atoms with van der Waals surface area (Å²) in [7, 11) is -0.265. The molecule has 2 unspecified atom stereocenters. The maximum atomic E-state index is 12.1. The number of ether oxygens (including phenoxy) is 1. The maximum absolute atomic E-state index is 12.1. The Hall–Kier alpha value is -1.37. The van der Waals surface area contributed by atoms with Gasteiger partial charge in [-0.25, -0.2) is 12.7 Å². The Morgan fingerprint density at radius 2 is 1.91 bits per heavy atom. The van der Waals surface area contributed by atoms with Crippen molar-refractivity contribution in [2.24, 2.45) is 11.8 Å². The van der Waals surface area contributed by atoms with Crippen LogP contribution >= 0.6 is 0 Å². The summed E-state index contributed by atoms with van der Waals surface area (Å²) in [4.78, 5) is 2.69. The lowest BCUT2D eigenvalue weighted by atomic mass is 9.79. The fraction of sp³-hybridized carbons (Fsp3) is 0.529. The molecule has 2 fully saturated rings. The van der Waals surface area contributed by atoms with Gasteiger partial charge in [-0.15, -0.1) is 0 Å². The lowest BCUT2D eigenvalue weighted by Gasteiger charge is -2.26. The van der Waals surface area contributed by atoms with Crippen LogP contribution in [0.2, 0.25) is 0 Å². The van der Waals surface area contributed by atoms with Crippen LogP contribution in [0.3, 0.4) is 0 Å². The molecule has 0 N–H and O–H groups in total. The maximum Gasteiger partial charge on any atom is 0.242 e. The molecule has 0 aromatic heterocycles. The van der Waals surface area contributed by atoms with Gasteiger partial charge >= 0.3 is 0 Å². The van der Waals surface area contributed by atoms with E-state index in [4.69, 9.17) is 4.74 Å². The number of anilines is 1. The molecule has 4 atom stereocenters. The van der Waals surface area contributed by atoms with Crippen molar-refractivity contribution in [1.29, 1.82) is 0 Å². The van der Waals surface area contributed by atoms with Crippen LogP contribution < -0.4 is 4.90 Å². The van der Waals surface area contributed by atoms with Gasteiger partial charge in [0.1, 0.15) is 0 Å². The SMILES string of the molecule is CN(C)S(=O)(=O)c1ccc(N2C[C@@H]3C4C=CC(C)(O4)[C@@H]3C2)cc1. The van der Waals surface area contributed by atoms with Gasteiger partial charge < -0.3 is 9.64 Å². The topological polar surface area (TPSA) is 49.9 Å². The second-order valence-electron chi connectivity index (χ2n) is 7.08. The molecule has 2 saturated heterocycles. The Morgan fingerprint density at radius 3 is 2.52 bits per heavy atom. The number of rotatable bonds is 3. The smallest absolute Gasteiger partial charge is 0.242 e. The van der Waals surface area contributed by atoms with E-state index >= 15 is 0 Å². The molecule has 23 heavy (non-hydrogen) atoms. The van der Waals surface area contributed by atoms with E-state index in [1.165, 1.54) is 4.31 Å². The third kappa shape index (κ3) is 2.16. The summed E-state index contributed by atoms with van der Waals surface area (Å²) in [5.74, 6) is 1.05. The second-order valence-corrected chi connectivity index (χ2v) is 9.23. The summed E-state index contributed by atoms with van der Waals surface area (Å²) in [5.41, 5.74) is 0.957. The van der Waals surface area contributed by atoms with E-state index in [1.807, 2.05) is 12.1 Å². The predicted octanol–water partition coefficient (Wildman–Crippen LogP) is 1.72. The van der Waals surface area contributed by atoms with Crippen molar-refractivity contribution in [2.75, 3.05) is 32.1 Å². The first kappa shape index (κ1) is 15.2. The zero-order valence-corrected chi connectivity index (χ0v) is 14.5. The van der Waals surface area contributed by atoms with Crippen LogP contribution in [-0.2, 0) is 14.8 Å². The molecule has 5 nitrogen and oxygen atoms in total. The largest absolute Gasteiger partial charge is 0.371 e. The van der Waals surface area contributed by atoms with Crippen molar-refractivity contribution in [3.8, 4) is 0 Å². The first-order valence-corrected chi connectivity index (χ1v) is 9.40. The second kappa shape index (κ2) is 4.82. The third-order valence-corrected chi connectivity index (χ3v) is 7.34. The summed E-state index contributed by atoms with van der Waals surface area (Å²) in [5, 5.41) is 0. The highest BCUT2D eigenvalue weighted by atomic mass is 32.2. The summed E-state index contributed by atoms with van der Waals surface area (Å²) in [6.45, 7) is 4.10. The van der Waals surface area contributed by atoms with Gasteiger partial charge in [0.05, 0.1) is 16.6 Å². The van der Waals surface area contributed by atoms with Crippen molar-refractivity contribution < 1.29 is 13.2 Å². The van der Waals surface area contributed by atoms with E-state index in [2.05, 4.69) is 24.0 Å². The molecule has 3 aliphatic heterocycles. The van der Waals surface area contributed by atoms with E-state index in [-0.39, 0.29) is 11.7 Å². The number of hydrogen-bond donors (Lipinski definition) is 0. The Balaban J connectivity index is 1.55. The third-order valence-electron chi connectivity index (χ3n) is 5.51. The molecule has 0 aliphatic carbocycles. The van der Waals surface area contributed by atoms with Crippen LogP contribution in [-0.4, -0.2) is 51.6 Å². The van der Waals surface area contributed by atoms with Crippen LogP contribution in [0.15, 0.2) is 41.3 Å². The minimum absolute atomic E-state index is 0.127. The highest BCUT2D eigenvalue weighted by Crippen LogP contribution is 2.50. The van der Waals surface area contributed by atoms with Gasteiger partial charge in [-0.2, -0.15) is 0 Å². The van der Waals surface area contributed by atoms with Crippen molar-refractivity contribution in [2.45, 2.75) is 23.5 Å². The Morgan fingerprint density at radius 1 is 1.22 bits per heavy atom. The molecule has 0 spiro atoms. The number of sulfonamides is 1. The van der Waals surface area contributed by atoms with E-state index in [0.717, 1.165) is 18.8 Å². The summed E-state index contributed by atoms with van der Waals surface area (Å²) in [6, 6.07) is 7.22. The highest BCUT2D eigenvalue weighted by molar-refractivity contribution is 7.89. The first-order chi connectivity index (χ1) is 10.8. The van der Waals surface area contributed by atoms with Crippen molar-refractivity contribution >= 4 is 15.7 Å². The van der Waals surface area contributed by atoms with Crippen LogP contribution in [0.25, 0.3) is 0 Å². The molecule has 0 amide bonds. The van der Waals surface area contributed by atoms with E-state index < -0.39 is 10.0 Å². The standard InChI is InChI=1S/C17H22N2O3S/c1-17-9-8-16(22-17)14-10-19(11-15(14)17)12-4-6-13(7-5-12)23(20,21)18(2)3/h4-9,14-16H,10-11H2,1-3H3/t14-,15+,16?,17?/m0/s1. The molecule has 6 heteroatoms. The summed E-state index contributed by atoms with van der Waals surface area (Å²) >= 11 is 0. The monoisotopic (exact) mass is 334 g/mol. The van der Waals surface area contributed by atoms with E-state index in [0.29, 0.717) is 16.7 Å². The molecule has 0 saturated carbocycles. The van der Waals surface area contributed by atoms with Crippen molar-refractivity contribution in [3.63, 3.8) is 0 Å². The Bertz CT molecular complexity index is 757. The van der Waals surface area contributed by atoms with Crippen molar-refractivity contribution in [3.05, 3.63) is 36.4 Å². The minimum atomic E-state index is -3.36. The highest BCUT2D eigenvalue weighted by Gasteiger charge is 2.57. The molecular formula is C17H22N2O3S. The Labute approximate surface area is 137 Å². The summed E-state index contributed by atoms with van der Waals surface area (Å²) in [6.07, 6.45) is 4.63. The van der Waals surface area contributed by atoms with Crippen molar-refractivity contribution in [1.82, 2.24) is 4.31 Å². The molecule has 0 radical (unpaired) electrons. The van der Waals surface area contributed by atoms with Crippen LogP contribution in [0.5, 0.6) is 0 Å². The number of hydrogen-bond acceptors (Lipinski definition) is 4. The molecular weight excluding hydrogens is 312 g/mol. The van der Waals surface area contributed by atoms with Gasteiger partial charge in [0, 0.05) is 44.7 Å². The lowest BCUT2D eigenvalue weighted by Crippen LogP contribution is -2.33. The molecule has 3 aliphatic rings. The van der Waals surface area contributed by atoms with E-state index in [9.17, 15) is 8.42 Å². The molecule has 3 heterocycles. The van der Waals surface area contributed by atoms with E-state index in [1.54, 1.807) is 26.2 Å². The van der Waals surface area contributed by atoms with Crippen LogP contribution in [0.1, 0.15) is 6.92 Å². The number of nitrogens with zero attached hydrogens (tertiary/aromatic N) is 2. The zero-order chi connectivity index (χ0) is 16.4. The molecule has 1 aromatic rings. The number of benzene rings is 1. The minimum Gasteiger partial charge on any atom is -0.371 e. The molecule has 1 aromatic carbocycles.